The molecule has 1 aliphatic rings. The van der Waals surface area contributed by atoms with Gasteiger partial charge in [-0.2, -0.15) is 4.31 Å². The molecule has 12 nitrogen and oxygen atoms in total. The van der Waals surface area contributed by atoms with Crippen molar-refractivity contribution in [3.63, 3.8) is 0 Å². The third-order valence-electron chi connectivity index (χ3n) is 7.59. The number of sulfonamides is 2. The number of benzene rings is 3. The zero-order chi connectivity index (χ0) is 32.1. The summed E-state index contributed by atoms with van der Waals surface area (Å²) >= 11 is 0. The Labute approximate surface area is 259 Å². The molecule has 1 aliphatic heterocycles. The van der Waals surface area contributed by atoms with E-state index in [2.05, 4.69) is 0 Å². The summed E-state index contributed by atoms with van der Waals surface area (Å²) in [6.07, 6.45) is 0.468. The van der Waals surface area contributed by atoms with E-state index in [1.165, 1.54) is 55.2 Å². The van der Waals surface area contributed by atoms with Crippen LogP contribution in [-0.4, -0.2) is 101 Å². The maximum atomic E-state index is 13.6. The largest absolute Gasteiger partial charge is 0.495 e. The van der Waals surface area contributed by atoms with Crippen LogP contribution in [0.5, 0.6) is 28.7 Å². The average molecular weight is 650 g/mol. The Hall–Kier alpha value is -3.72. The van der Waals surface area contributed by atoms with E-state index in [-0.39, 0.29) is 29.4 Å². The molecule has 0 spiro atoms. The molecule has 0 atom stereocenters. The van der Waals surface area contributed by atoms with Crippen molar-refractivity contribution >= 4 is 25.7 Å². The first-order chi connectivity index (χ1) is 21.0. The summed E-state index contributed by atoms with van der Waals surface area (Å²) in [5, 5.41) is 0. The number of rotatable bonds is 13. The molecule has 4 rings (SSSR count). The highest BCUT2D eigenvalue weighted by atomic mass is 32.2. The predicted molar refractivity (Wildman–Crippen MR) is 167 cm³/mol. The van der Waals surface area contributed by atoms with E-state index in [1.807, 2.05) is 17.0 Å². The predicted octanol–water partition coefficient (Wildman–Crippen LogP) is 3.10. The van der Waals surface area contributed by atoms with Gasteiger partial charge >= 0.3 is 0 Å². The van der Waals surface area contributed by atoms with E-state index in [0.29, 0.717) is 53.9 Å². The maximum absolute atomic E-state index is 13.6. The van der Waals surface area contributed by atoms with E-state index in [1.54, 1.807) is 38.5 Å². The number of hydrogen-bond acceptors (Lipinski definition) is 10. The first-order valence-electron chi connectivity index (χ1n) is 13.8. The molecule has 44 heavy (non-hydrogen) atoms. The van der Waals surface area contributed by atoms with Gasteiger partial charge in [0.1, 0.15) is 5.75 Å². The quantitative estimate of drug-likeness (QED) is 0.273. The second kappa shape index (κ2) is 13.9. The fraction of sp³-hybridized carbons (Fsp3) is 0.400. The smallest absolute Gasteiger partial charge is 0.243 e. The Kier molecular flexibility index (Phi) is 10.5. The molecule has 0 aromatic heterocycles. The zero-order valence-corrected chi connectivity index (χ0v) is 27.4. The lowest BCUT2D eigenvalue weighted by Crippen LogP contribution is -2.48. The van der Waals surface area contributed by atoms with Gasteiger partial charge in [0.2, 0.25) is 20.0 Å². The van der Waals surface area contributed by atoms with Crippen LogP contribution in [-0.2, 0) is 26.5 Å². The molecule has 3 aromatic rings. The van der Waals surface area contributed by atoms with E-state index in [0.717, 1.165) is 5.56 Å². The van der Waals surface area contributed by atoms with Crippen molar-refractivity contribution in [1.29, 1.82) is 0 Å². The lowest BCUT2D eigenvalue weighted by molar-refractivity contribution is 0.352. The fourth-order valence-corrected chi connectivity index (χ4v) is 7.63. The molecule has 0 saturated carbocycles. The zero-order valence-electron chi connectivity index (χ0n) is 25.8. The van der Waals surface area contributed by atoms with Gasteiger partial charge in [-0.3, -0.25) is 0 Å². The molecule has 0 N–H and O–H groups in total. The van der Waals surface area contributed by atoms with Gasteiger partial charge in [-0.15, -0.1) is 0 Å². The van der Waals surface area contributed by atoms with Crippen molar-refractivity contribution in [2.75, 3.05) is 80.2 Å². The average Bonchev–Trinajstić information content (AvgIpc) is 3.06. The van der Waals surface area contributed by atoms with E-state index >= 15 is 0 Å². The van der Waals surface area contributed by atoms with Gasteiger partial charge in [-0.05, 0) is 54.4 Å². The van der Waals surface area contributed by atoms with Gasteiger partial charge in [0.25, 0.3) is 0 Å². The fourth-order valence-electron chi connectivity index (χ4n) is 5.00. The van der Waals surface area contributed by atoms with Crippen LogP contribution in [0, 0.1) is 0 Å². The van der Waals surface area contributed by atoms with Crippen molar-refractivity contribution in [2.45, 2.75) is 16.2 Å². The summed E-state index contributed by atoms with van der Waals surface area (Å²) in [4.78, 5) is 2.15. The summed E-state index contributed by atoms with van der Waals surface area (Å²) in [6, 6.07) is 14.7. The summed E-state index contributed by atoms with van der Waals surface area (Å²) in [6.45, 7) is 1.30. The van der Waals surface area contributed by atoms with Crippen LogP contribution in [0.3, 0.4) is 0 Å². The Morgan fingerprint density at radius 3 is 1.75 bits per heavy atom. The molecule has 3 aromatic carbocycles. The Morgan fingerprint density at radius 2 is 1.16 bits per heavy atom. The van der Waals surface area contributed by atoms with E-state index in [9.17, 15) is 16.8 Å². The molecule has 1 saturated heterocycles. The van der Waals surface area contributed by atoms with Crippen molar-refractivity contribution in [3.05, 3.63) is 60.2 Å². The molecule has 0 unspecified atom stereocenters. The molecule has 0 bridgehead atoms. The molecule has 1 fully saturated rings. The van der Waals surface area contributed by atoms with E-state index in [4.69, 9.17) is 23.7 Å². The van der Waals surface area contributed by atoms with Crippen LogP contribution < -0.4 is 28.6 Å². The van der Waals surface area contributed by atoms with Crippen molar-refractivity contribution in [3.8, 4) is 28.7 Å². The Morgan fingerprint density at radius 1 is 0.636 bits per heavy atom. The van der Waals surface area contributed by atoms with Gasteiger partial charge in [0, 0.05) is 45.8 Å². The second-order valence-electron chi connectivity index (χ2n) is 10.0. The lowest BCUT2D eigenvalue weighted by Gasteiger charge is -2.36. The maximum Gasteiger partial charge on any atom is 0.243 e. The van der Waals surface area contributed by atoms with Crippen molar-refractivity contribution in [2.24, 2.45) is 0 Å². The topological polar surface area (TPSA) is 124 Å². The number of nitrogens with zero attached hydrogens (tertiary/aromatic N) is 3. The summed E-state index contributed by atoms with van der Waals surface area (Å²) in [7, 11) is 1.46. The van der Waals surface area contributed by atoms with Crippen LogP contribution in [0.2, 0.25) is 0 Å². The van der Waals surface area contributed by atoms with Gasteiger partial charge in [-0.25, -0.2) is 21.1 Å². The first kappa shape index (κ1) is 33.2. The molecule has 0 aliphatic carbocycles. The Bertz CT molecular complexity index is 1670. The van der Waals surface area contributed by atoms with Crippen LogP contribution >= 0.6 is 0 Å². The summed E-state index contributed by atoms with van der Waals surface area (Å²) in [5.74, 6) is 2.43. The van der Waals surface area contributed by atoms with Crippen molar-refractivity contribution < 1.29 is 40.5 Å². The van der Waals surface area contributed by atoms with Gasteiger partial charge < -0.3 is 28.6 Å². The van der Waals surface area contributed by atoms with Crippen molar-refractivity contribution in [1.82, 2.24) is 8.61 Å². The number of ether oxygens (including phenoxy) is 5. The highest BCUT2D eigenvalue weighted by molar-refractivity contribution is 7.89. The minimum atomic E-state index is -3.84. The van der Waals surface area contributed by atoms with Crippen LogP contribution in [0.4, 0.5) is 5.69 Å². The normalized spacial score (nSPS) is 14.4. The van der Waals surface area contributed by atoms with Crippen LogP contribution in [0.1, 0.15) is 5.56 Å². The van der Waals surface area contributed by atoms with Gasteiger partial charge in [0.05, 0.1) is 51.0 Å². The highest BCUT2D eigenvalue weighted by Crippen LogP contribution is 2.35. The standard InChI is InChI=1S/C30H39N3O9S2/c1-31(14-13-22-7-10-27(39-3)29(19-22)41-5)43(34,35)23-8-11-26(38-2)25(20-23)32-15-17-33(18-16-32)44(36,37)24-9-12-28(40-4)30(21-24)42-6/h7-12,19-21H,13-18H2,1-6H3. The molecular weight excluding hydrogens is 610 g/mol. The third kappa shape index (κ3) is 6.83. The minimum Gasteiger partial charge on any atom is -0.495 e. The highest BCUT2D eigenvalue weighted by Gasteiger charge is 2.31. The molecule has 1 heterocycles. The van der Waals surface area contributed by atoms with Crippen LogP contribution in [0.25, 0.3) is 0 Å². The van der Waals surface area contributed by atoms with E-state index < -0.39 is 20.0 Å². The second-order valence-corrected chi connectivity index (χ2v) is 14.0. The lowest BCUT2D eigenvalue weighted by atomic mass is 10.1. The Balaban J connectivity index is 1.48. The number of hydrogen-bond donors (Lipinski definition) is 0. The number of piperazine rings is 1. The SMILES string of the molecule is COc1ccc(CCN(C)S(=O)(=O)c2ccc(OC)c(N3CCN(S(=O)(=O)c4ccc(OC)c(OC)c4)CC3)c2)cc1OC. The molecular formula is C30H39N3O9S2. The first-order valence-corrected chi connectivity index (χ1v) is 16.7. The summed E-state index contributed by atoms with van der Waals surface area (Å²) < 4.78 is 83.3. The molecule has 0 radical (unpaired) electrons. The number of likely N-dealkylation sites (N-methyl/N-ethyl adjacent to an activating group) is 1. The molecule has 0 amide bonds. The summed E-state index contributed by atoms with van der Waals surface area (Å²) in [5.41, 5.74) is 1.48. The minimum absolute atomic E-state index is 0.102. The van der Waals surface area contributed by atoms with Gasteiger partial charge in [0.15, 0.2) is 23.0 Å². The molecule has 14 heteroatoms. The van der Waals surface area contributed by atoms with Gasteiger partial charge in [-0.1, -0.05) is 6.07 Å². The monoisotopic (exact) mass is 649 g/mol. The third-order valence-corrected chi connectivity index (χ3v) is 11.3. The molecule has 240 valence electrons. The van der Waals surface area contributed by atoms with Crippen LogP contribution in [0.15, 0.2) is 64.4 Å². The number of methoxy groups -OCH3 is 5. The number of anilines is 1.